The number of nitrogens with one attached hydrogen (secondary N) is 2. The van der Waals surface area contributed by atoms with Crippen LogP contribution in [0.1, 0.15) is 29.8 Å². The van der Waals surface area contributed by atoms with Crippen molar-refractivity contribution < 1.29 is 8.42 Å². The predicted octanol–water partition coefficient (Wildman–Crippen LogP) is 1.66. The van der Waals surface area contributed by atoms with Gasteiger partial charge >= 0.3 is 4.87 Å². The second kappa shape index (κ2) is 5.81. The molecule has 2 aromatic rings. The molecule has 0 aliphatic heterocycles. The van der Waals surface area contributed by atoms with Crippen molar-refractivity contribution in [1.29, 1.82) is 5.26 Å². The highest BCUT2D eigenvalue weighted by Crippen LogP contribution is 2.20. The Morgan fingerprint density at radius 1 is 1.33 bits per heavy atom. The molecule has 0 aliphatic rings. The summed E-state index contributed by atoms with van der Waals surface area (Å²) in [4.78, 5) is 13.3. The van der Waals surface area contributed by atoms with E-state index in [2.05, 4.69) is 9.71 Å². The number of benzene rings is 1. The second-order valence-corrected chi connectivity index (χ2v) is 7.40. The van der Waals surface area contributed by atoms with Gasteiger partial charge in [-0.3, -0.25) is 4.79 Å². The van der Waals surface area contributed by atoms with Crippen molar-refractivity contribution in [1.82, 2.24) is 9.71 Å². The lowest BCUT2D eigenvalue weighted by Gasteiger charge is -2.14. The van der Waals surface area contributed by atoms with Gasteiger partial charge < -0.3 is 4.98 Å². The topological polar surface area (TPSA) is 103 Å². The Kier molecular flexibility index (Phi) is 4.27. The first-order valence-electron chi connectivity index (χ1n) is 6.05. The molecule has 0 saturated carbocycles. The van der Waals surface area contributed by atoms with Crippen LogP contribution in [-0.4, -0.2) is 13.4 Å². The van der Waals surface area contributed by atoms with Crippen LogP contribution >= 0.6 is 11.3 Å². The van der Waals surface area contributed by atoms with Crippen molar-refractivity contribution in [3.8, 4) is 6.07 Å². The number of aryl methyl sites for hydroxylation is 1. The Bertz CT molecular complexity index is 842. The van der Waals surface area contributed by atoms with E-state index in [9.17, 15) is 13.2 Å². The van der Waals surface area contributed by atoms with E-state index in [0.29, 0.717) is 22.6 Å². The third-order valence-electron chi connectivity index (χ3n) is 2.90. The van der Waals surface area contributed by atoms with Crippen LogP contribution in [0.15, 0.2) is 33.3 Å². The lowest BCUT2D eigenvalue weighted by Crippen LogP contribution is -2.26. The fourth-order valence-corrected chi connectivity index (χ4v) is 4.40. The van der Waals surface area contributed by atoms with Crippen molar-refractivity contribution in [2.45, 2.75) is 24.1 Å². The van der Waals surface area contributed by atoms with Gasteiger partial charge in [0.05, 0.1) is 11.6 Å². The van der Waals surface area contributed by atoms with Crippen molar-refractivity contribution in [2.75, 3.05) is 0 Å². The highest BCUT2D eigenvalue weighted by atomic mass is 32.2. The second-order valence-electron chi connectivity index (χ2n) is 4.50. The number of hydrogen-bond donors (Lipinski definition) is 2. The minimum Gasteiger partial charge on any atom is -0.315 e. The molecule has 2 rings (SSSR count). The maximum absolute atomic E-state index is 12.3. The molecule has 1 atom stereocenters. The summed E-state index contributed by atoms with van der Waals surface area (Å²) >= 11 is 0.660. The average molecular weight is 323 g/mol. The highest BCUT2D eigenvalue weighted by molar-refractivity contribution is 7.91. The van der Waals surface area contributed by atoms with Gasteiger partial charge in [0.25, 0.3) is 10.0 Å². The van der Waals surface area contributed by atoms with E-state index in [1.807, 2.05) is 6.07 Å². The standard InChI is InChI=1S/C13H13N3O3S2/c1-8(11-5-3-10(7-14)4-6-11)16-21(18,19)12-9(2)15-13(17)20-12/h3-6,8,16H,1-2H3,(H,15,17). The van der Waals surface area contributed by atoms with Gasteiger partial charge in [0.2, 0.25) is 0 Å². The van der Waals surface area contributed by atoms with Crippen LogP contribution in [0.4, 0.5) is 0 Å². The summed E-state index contributed by atoms with van der Waals surface area (Å²) in [5.41, 5.74) is 1.57. The van der Waals surface area contributed by atoms with Crippen molar-refractivity contribution >= 4 is 21.4 Å². The molecule has 0 amide bonds. The van der Waals surface area contributed by atoms with E-state index < -0.39 is 20.9 Å². The normalized spacial score (nSPS) is 12.8. The first-order chi connectivity index (χ1) is 9.83. The van der Waals surface area contributed by atoms with Gasteiger partial charge in [0.15, 0.2) is 4.21 Å². The zero-order chi connectivity index (χ0) is 15.6. The number of aromatic nitrogens is 1. The molecule has 2 N–H and O–H groups in total. The van der Waals surface area contributed by atoms with E-state index in [1.54, 1.807) is 38.1 Å². The van der Waals surface area contributed by atoms with Crippen LogP contribution < -0.4 is 9.60 Å². The third kappa shape index (κ3) is 3.39. The quantitative estimate of drug-likeness (QED) is 0.893. The molecule has 110 valence electrons. The maximum Gasteiger partial charge on any atom is 0.305 e. The molecule has 0 fully saturated rings. The van der Waals surface area contributed by atoms with Crippen molar-refractivity contribution in [3.05, 3.63) is 50.8 Å². The molecular formula is C13H13N3O3S2. The van der Waals surface area contributed by atoms with Gasteiger partial charge in [0, 0.05) is 11.7 Å². The lowest BCUT2D eigenvalue weighted by atomic mass is 10.1. The first-order valence-corrected chi connectivity index (χ1v) is 8.35. The van der Waals surface area contributed by atoms with Crippen LogP contribution in [0.2, 0.25) is 0 Å². The number of nitriles is 1. The SMILES string of the molecule is Cc1[nH]c(=O)sc1S(=O)(=O)NC(C)c1ccc(C#N)cc1. The average Bonchev–Trinajstić information content (AvgIpc) is 2.78. The number of thiazole rings is 1. The summed E-state index contributed by atoms with van der Waals surface area (Å²) in [6.45, 7) is 3.24. The molecular weight excluding hydrogens is 310 g/mol. The molecule has 0 radical (unpaired) electrons. The number of aromatic amines is 1. The van der Waals surface area contributed by atoms with Crippen molar-refractivity contribution in [2.24, 2.45) is 0 Å². The van der Waals surface area contributed by atoms with Crippen LogP contribution in [0.3, 0.4) is 0 Å². The molecule has 8 heteroatoms. The van der Waals surface area contributed by atoms with Gasteiger partial charge in [-0.2, -0.15) is 5.26 Å². The zero-order valence-electron chi connectivity index (χ0n) is 11.4. The van der Waals surface area contributed by atoms with Gasteiger partial charge in [0.1, 0.15) is 0 Å². The monoisotopic (exact) mass is 323 g/mol. The minimum atomic E-state index is -3.76. The van der Waals surface area contributed by atoms with Gasteiger partial charge in [-0.15, -0.1) is 0 Å². The molecule has 1 aromatic heterocycles. The smallest absolute Gasteiger partial charge is 0.305 e. The first kappa shape index (κ1) is 15.4. The molecule has 21 heavy (non-hydrogen) atoms. The molecule has 6 nitrogen and oxygen atoms in total. The van der Waals surface area contributed by atoms with Gasteiger partial charge in [-0.25, -0.2) is 13.1 Å². The summed E-state index contributed by atoms with van der Waals surface area (Å²) < 4.78 is 27.0. The van der Waals surface area contributed by atoms with Crippen LogP contribution in [-0.2, 0) is 10.0 Å². The number of hydrogen-bond acceptors (Lipinski definition) is 5. The van der Waals surface area contributed by atoms with E-state index >= 15 is 0 Å². The summed E-state index contributed by atoms with van der Waals surface area (Å²) in [5, 5.41) is 8.74. The Labute approximate surface area is 126 Å². The van der Waals surface area contributed by atoms with Crippen LogP contribution in [0, 0.1) is 18.3 Å². The van der Waals surface area contributed by atoms with Crippen LogP contribution in [0.5, 0.6) is 0 Å². The molecule has 1 unspecified atom stereocenters. The van der Waals surface area contributed by atoms with E-state index in [1.165, 1.54) is 0 Å². The third-order valence-corrected chi connectivity index (χ3v) is 6.04. The summed E-state index contributed by atoms with van der Waals surface area (Å²) in [7, 11) is -3.76. The molecule has 0 spiro atoms. The Hall–Kier alpha value is -1.95. The minimum absolute atomic E-state index is 0.00649. The number of rotatable bonds is 4. The van der Waals surface area contributed by atoms with Crippen LogP contribution in [0.25, 0.3) is 0 Å². The van der Waals surface area contributed by atoms with Crippen molar-refractivity contribution in [3.63, 3.8) is 0 Å². The summed E-state index contributed by atoms with van der Waals surface area (Å²) in [5.74, 6) is 0. The number of nitrogens with zero attached hydrogens (tertiary/aromatic N) is 1. The molecule has 0 bridgehead atoms. The fourth-order valence-electron chi connectivity index (χ4n) is 1.85. The largest absolute Gasteiger partial charge is 0.315 e. The zero-order valence-corrected chi connectivity index (χ0v) is 13.0. The van der Waals surface area contributed by atoms with E-state index in [4.69, 9.17) is 5.26 Å². The van der Waals surface area contributed by atoms with E-state index in [-0.39, 0.29) is 4.21 Å². The maximum atomic E-state index is 12.3. The summed E-state index contributed by atoms with van der Waals surface area (Å²) in [6.07, 6.45) is 0. The highest BCUT2D eigenvalue weighted by Gasteiger charge is 2.23. The Morgan fingerprint density at radius 2 is 1.95 bits per heavy atom. The molecule has 1 aromatic carbocycles. The lowest BCUT2D eigenvalue weighted by molar-refractivity contribution is 0.568. The van der Waals surface area contributed by atoms with Gasteiger partial charge in [-0.05, 0) is 31.5 Å². The fraction of sp³-hybridized carbons (Fsp3) is 0.231. The predicted molar refractivity (Wildman–Crippen MR) is 79.6 cm³/mol. The molecule has 0 aliphatic carbocycles. The number of H-pyrrole nitrogens is 1. The Morgan fingerprint density at radius 3 is 2.43 bits per heavy atom. The summed E-state index contributed by atoms with van der Waals surface area (Å²) in [6, 6.07) is 8.16. The number of sulfonamides is 1. The Balaban J connectivity index is 2.25. The molecule has 1 heterocycles. The van der Waals surface area contributed by atoms with Gasteiger partial charge in [-0.1, -0.05) is 23.5 Å². The molecule has 0 saturated heterocycles. The van der Waals surface area contributed by atoms with E-state index in [0.717, 1.165) is 5.56 Å².